The quantitative estimate of drug-likeness (QED) is 0.685. The summed E-state index contributed by atoms with van der Waals surface area (Å²) in [7, 11) is -4.24. The summed E-state index contributed by atoms with van der Waals surface area (Å²) in [5.74, 6) is -0.246. The fourth-order valence-electron chi connectivity index (χ4n) is 2.24. The maximum atomic E-state index is 12.5. The first-order chi connectivity index (χ1) is 12.7. The molecule has 0 bridgehead atoms. The smallest absolute Gasteiger partial charge is 0.463 e. The molecule has 0 unspecified atom stereocenters. The van der Waals surface area contributed by atoms with E-state index in [4.69, 9.17) is 4.42 Å². The number of sulfonamides is 1. The van der Waals surface area contributed by atoms with Crippen molar-refractivity contribution in [2.45, 2.75) is 17.8 Å². The largest absolute Gasteiger partial charge is 0.573 e. The number of aromatic nitrogens is 1. The molecule has 0 fully saturated rings. The average Bonchev–Trinajstić information content (AvgIpc) is 3.14. The summed E-state index contributed by atoms with van der Waals surface area (Å²) in [6, 6.07) is 11.2. The third kappa shape index (κ3) is 4.86. The zero-order valence-corrected chi connectivity index (χ0v) is 14.4. The second-order valence-electron chi connectivity index (χ2n) is 5.35. The van der Waals surface area contributed by atoms with Gasteiger partial charge in [-0.25, -0.2) is 13.1 Å². The van der Waals surface area contributed by atoms with Gasteiger partial charge in [-0.1, -0.05) is 18.2 Å². The van der Waals surface area contributed by atoms with E-state index in [9.17, 15) is 21.6 Å². The highest BCUT2D eigenvalue weighted by Gasteiger charge is 2.33. The summed E-state index contributed by atoms with van der Waals surface area (Å²) in [6.07, 6.45) is -2.06. The van der Waals surface area contributed by atoms with Crippen LogP contribution in [0.5, 0.6) is 5.75 Å². The normalized spacial score (nSPS) is 12.1. The van der Waals surface area contributed by atoms with Crippen molar-refractivity contribution in [3.8, 4) is 17.2 Å². The number of nitrogens with one attached hydrogen (secondary N) is 1. The zero-order chi connectivity index (χ0) is 19.5. The second kappa shape index (κ2) is 7.41. The van der Waals surface area contributed by atoms with Crippen LogP contribution in [0.1, 0.15) is 5.56 Å². The Labute approximate surface area is 152 Å². The zero-order valence-electron chi connectivity index (χ0n) is 13.6. The lowest BCUT2D eigenvalue weighted by atomic mass is 10.2. The molecule has 1 N–H and O–H groups in total. The molecule has 1 aromatic carbocycles. The lowest BCUT2D eigenvalue weighted by molar-refractivity contribution is -0.275. The molecule has 0 saturated heterocycles. The van der Waals surface area contributed by atoms with Crippen molar-refractivity contribution in [3.63, 3.8) is 0 Å². The van der Waals surface area contributed by atoms with Gasteiger partial charge in [0.2, 0.25) is 10.0 Å². The van der Waals surface area contributed by atoms with Gasteiger partial charge in [-0.05, 0) is 35.9 Å². The first-order valence-corrected chi connectivity index (χ1v) is 9.06. The molecular weight excluding hydrogens is 385 g/mol. The van der Waals surface area contributed by atoms with Crippen molar-refractivity contribution < 1.29 is 30.7 Å². The highest BCUT2D eigenvalue weighted by atomic mass is 32.2. The Hall–Kier alpha value is -2.85. The van der Waals surface area contributed by atoms with Gasteiger partial charge >= 0.3 is 6.36 Å². The molecule has 27 heavy (non-hydrogen) atoms. The molecule has 0 spiro atoms. The molecule has 10 heteroatoms. The van der Waals surface area contributed by atoms with Gasteiger partial charge in [-0.15, -0.1) is 13.2 Å². The number of hydrogen-bond acceptors (Lipinski definition) is 5. The van der Waals surface area contributed by atoms with E-state index in [2.05, 4.69) is 14.4 Å². The minimum Gasteiger partial charge on any atom is -0.463 e. The molecule has 2 aromatic heterocycles. The molecule has 0 aliphatic heterocycles. The minimum atomic E-state index is -5.00. The second-order valence-corrected chi connectivity index (χ2v) is 7.08. The van der Waals surface area contributed by atoms with Crippen LogP contribution in [0.15, 0.2) is 70.3 Å². The molecule has 3 rings (SSSR count). The van der Waals surface area contributed by atoms with E-state index < -0.39 is 27.0 Å². The van der Waals surface area contributed by atoms with E-state index in [0.717, 1.165) is 12.1 Å². The van der Waals surface area contributed by atoms with Crippen LogP contribution in [0.25, 0.3) is 11.5 Å². The fraction of sp³-hybridized carbons (Fsp3) is 0.118. The van der Waals surface area contributed by atoms with E-state index in [1.807, 2.05) is 0 Å². The third-order valence-corrected chi connectivity index (χ3v) is 4.87. The van der Waals surface area contributed by atoms with Crippen molar-refractivity contribution in [3.05, 3.63) is 66.6 Å². The Morgan fingerprint density at radius 3 is 2.48 bits per heavy atom. The van der Waals surface area contributed by atoms with Gasteiger partial charge in [0.25, 0.3) is 0 Å². The Morgan fingerprint density at radius 1 is 1.07 bits per heavy atom. The number of nitrogens with zero attached hydrogens (tertiary/aromatic N) is 1. The number of para-hydroxylation sites is 1. The number of hydrogen-bond donors (Lipinski definition) is 1. The van der Waals surface area contributed by atoms with E-state index in [1.165, 1.54) is 24.6 Å². The number of halogens is 3. The van der Waals surface area contributed by atoms with Gasteiger partial charge in [-0.3, -0.25) is 4.98 Å². The lowest BCUT2D eigenvalue weighted by Gasteiger charge is -2.14. The molecule has 0 radical (unpaired) electrons. The number of benzene rings is 1. The maximum absolute atomic E-state index is 12.5. The van der Waals surface area contributed by atoms with E-state index in [1.54, 1.807) is 24.3 Å². The van der Waals surface area contributed by atoms with Crippen LogP contribution in [0.3, 0.4) is 0 Å². The molecule has 3 aromatic rings. The summed E-state index contributed by atoms with van der Waals surface area (Å²) in [4.78, 5) is 3.55. The summed E-state index contributed by atoms with van der Waals surface area (Å²) in [5, 5.41) is 0. The monoisotopic (exact) mass is 398 g/mol. The van der Waals surface area contributed by atoms with Crippen LogP contribution in [0.2, 0.25) is 0 Å². The standard InChI is InChI=1S/C17H13F3N2O4S/c18-17(19,20)26-15-4-1-2-6-16(15)27(23,24)22-11-12-7-8-13(21-10-12)14-5-3-9-25-14/h1-10,22H,11H2. The molecule has 0 amide bonds. The highest BCUT2D eigenvalue weighted by molar-refractivity contribution is 7.89. The van der Waals surface area contributed by atoms with Crippen molar-refractivity contribution >= 4 is 10.0 Å². The Morgan fingerprint density at radius 2 is 1.85 bits per heavy atom. The molecule has 0 saturated carbocycles. The predicted molar refractivity (Wildman–Crippen MR) is 89.1 cm³/mol. The van der Waals surface area contributed by atoms with Crippen LogP contribution < -0.4 is 9.46 Å². The summed E-state index contributed by atoms with van der Waals surface area (Å²) >= 11 is 0. The van der Waals surface area contributed by atoms with Gasteiger partial charge < -0.3 is 9.15 Å². The van der Waals surface area contributed by atoms with Crippen molar-refractivity contribution in [2.24, 2.45) is 0 Å². The van der Waals surface area contributed by atoms with E-state index in [0.29, 0.717) is 17.0 Å². The number of alkyl halides is 3. The number of rotatable bonds is 6. The summed E-state index contributed by atoms with van der Waals surface area (Å²) in [6.45, 7) is -0.159. The van der Waals surface area contributed by atoms with Gasteiger partial charge in [0.05, 0.1) is 6.26 Å². The first-order valence-electron chi connectivity index (χ1n) is 7.58. The van der Waals surface area contributed by atoms with Crippen molar-refractivity contribution in [1.82, 2.24) is 9.71 Å². The maximum Gasteiger partial charge on any atom is 0.573 e. The van der Waals surface area contributed by atoms with Gasteiger partial charge in [-0.2, -0.15) is 0 Å². The number of pyridine rings is 1. The molecule has 142 valence electrons. The molecule has 0 aliphatic carbocycles. The topological polar surface area (TPSA) is 81.4 Å². The van der Waals surface area contributed by atoms with E-state index in [-0.39, 0.29) is 6.54 Å². The van der Waals surface area contributed by atoms with Crippen molar-refractivity contribution in [1.29, 1.82) is 0 Å². The van der Waals surface area contributed by atoms with Crippen LogP contribution in [-0.2, 0) is 16.6 Å². The summed E-state index contributed by atoms with van der Waals surface area (Å²) < 4.78 is 73.4. The fourth-order valence-corrected chi connectivity index (χ4v) is 3.38. The number of ether oxygens (including phenoxy) is 1. The SMILES string of the molecule is O=S(=O)(NCc1ccc(-c2ccco2)nc1)c1ccccc1OC(F)(F)F. The first kappa shape index (κ1) is 18.9. The van der Waals surface area contributed by atoms with Crippen LogP contribution in [-0.4, -0.2) is 19.8 Å². The molecular formula is C17H13F3N2O4S. The highest BCUT2D eigenvalue weighted by Crippen LogP contribution is 2.29. The van der Waals surface area contributed by atoms with Crippen LogP contribution >= 0.6 is 0 Å². The minimum absolute atomic E-state index is 0.159. The van der Waals surface area contributed by atoms with E-state index >= 15 is 0 Å². The third-order valence-electron chi connectivity index (χ3n) is 3.43. The average molecular weight is 398 g/mol. The van der Waals surface area contributed by atoms with Crippen LogP contribution in [0, 0.1) is 0 Å². The number of furan rings is 1. The predicted octanol–water partition coefficient (Wildman–Crippen LogP) is 3.72. The van der Waals surface area contributed by atoms with Gasteiger partial charge in [0.1, 0.15) is 16.3 Å². The Kier molecular flexibility index (Phi) is 5.19. The Balaban J connectivity index is 1.74. The van der Waals surface area contributed by atoms with Gasteiger partial charge in [0.15, 0.2) is 5.76 Å². The van der Waals surface area contributed by atoms with Gasteiger partial charge in [0, 0.05) is 12.7 Å². The van der Waals surface area contributed by atoms with Crippen molar-refractivity contribution in [2.75, 3.05) is 0 Å². The molecule has 2 heterocycles. The molecule has 0 atom stereocenters. The van der Waals surface area contributed by atoms with Crippen LogP contribution in [0.4, 0.5) is 13.2 Å². The molecule has 0 aliphatic rings. The lowest BCUT2D eigenvalue weighted by Crippen LogP contribution is -2.25. The molecule has 6 nitrogen and oxygen atoms in total. The summed E-state index contributed by atoms with van der Waals surface area (Å²) in [5.41, 5.74) is 1.08. The Bertz CT molecular complexity index is 1000.